The molecule has 0 radical (unpaired) electrons. The molecule has 15 heavy (non-hydrogen) atoms. The van der Waals surface area contributed by atoms with Crippen LogP contribution in [-0.2, 0) is 0 Å². The molecular formula is C7H6F8. The fourth-order valence-electron chi connectivity index (χ4n) is 0.608. The van der Waals surface area contributed by atoms with Gasteiger partial charge in [0.1, 0.15) is 6.67 Å². The Kier molecular flexibility index (Phi) is 4.12. The fourth-order valence-corrected chi connectivity index (χ4v) is 0.608. The first-order chi connectivity index (χ1) is 6.58. The summed E-state index contributed by atoms with van der Waals surface area (Å²) in [5.41, 5.74) is -4.06. The zero-order valence-corrected chi connectivity index (χ0v) is 7.31. The Hall–Kier alpha value is -0.820. The van der Waals surface area contributed by atoms with Crippen LogP contribution >= 0.6 is 0 Å². The number of halogens is 8. The SMILES string of the molecule is CC(F)(CF)C(F)(F)C(F)C(F)=C(F)F. The second kappa shape index (κ2) is 4.36. The lowest BCUT2D eigenvalue weighted by atomic mass is 9.97. The normalized spacial score (nSPS) is 18.2. The van der Waals surface area contributed by atoms with Crippen molar-refractivity contribution in [3.8, 4) is 0 Å². The molecule has 0 saturated carbocycles. The summed E-state index contributed by atoms with van der Waals surface area (Å²) in [5.74, 6) is -8.31. The van der Waals surface area contributed by atoms with Crippen LogP contribution in [0, 0.1) is 0 Å². The third-order valence-corrected chi connectivity index (χ3v) is 1.67. The molecular weight excluding hydrogens is 236 g/mol. The highest BCUT2D eigenvalue weighted by Crippen LogP contribution is 2.41. The summed E-state index contributed by atoms with van der Waals surface area (Å²) >= 11 is 0. The van der Waals surface area contributed by atoms with E-state index in [-0.39, 0.29) is 6.92 Å². The van der Waals surface area contributed by atoms with Gasteiger partial charge in [0.15, 0.2) is 0 Å². The Balaban J connectivity index is 5.14. The van der Waals surface area contributed by atoms with Crippen LogP contribution in [-0.4, -0.2) is 24.4 Å². The fraction of sp³-hybridized carbons (Fsp3) is 0.714. The summed E-state index contributed by atoms with van der Waals surface area (Å²) in [4.78, 5) is 0. The molecule has 0 aromatic heterocycles. The van der Waals surface area contributed by atoms with E-state index in [1.165, 1.54) is 0 Å². The van der Waals surface area contributed by atoms with Gasteiger partial charge in [-0.2, -0.15) is 17.6 Å². The molecule has 90 valence electrons. The molecule has 0 N–H and O–H groups in total. The predicted molar refractivity (Wildman–Crippen MR) is 35.7 cm³/mol. The Morgan fingerprint density at radius 3 is 1.80 bits per heavy atom. The van der Waals surface area contributed by atoms with Crippen LogP contribution in [0.3, 0.4) is 0 Å². The minimum Gasteiger partial charge on any atom is -0.247 e. The molecule has 0 heterocycles. The van der Waals surface area contributed by atoms with Crippen molar-refractivity contribution in [1.82, 2.24) is 0 Å². The van der Waals surface area contributed by atoms with Crippen LogP contribution in [0.4, 0.5) is 35.1 Å². The molecule has 0 aromatic rings. The average molecular weight is 242 g/mol. The highest BCUT2D eigenvalue weighted by atomic mass is 19.3. The highest BCUT2D eigenvalue weighted by molar-refractivity contribution is 5.10. The van der Waals surface area contributed by atoms with Gasteiger partial charge in [-0.25, -0.2) is 17.6 Å². The van der Waals surface area contributed by atoms with Crippen molar-refractivity contribution in [3.05, 3.63) is 11.9 Å². The zero-order valence-electron chi connectivity index (χ0n) is 7.31. The quantitative estimate of drug-likeness (QED) is 0.659. The molecule has 0 aliphatic carbocycles. The van der Waals surface area contributed by atoms with E-state index in [1.807, 2.05) is 0 Å². The maximum absolute atomic E-state index is 12.7. The molecule has 0 rings (SSSR count). The van der Waals surface area contributed by atoms with Gasteiger partial charge >= 0.3 is 12.0 Å². The summed E-state index contributed by atoms with van der Waals surface area (Å²) in [6.07, 6.45) is -7.55. The maximum Gasteiger partial charge on any atom is 0.320 e. The number of rotatable bonds is 4. The van der Waals surface area contributed by atoms with E-state index in [0.29, 0.717) is 0 Å². The predicted octanol–water partition coefficient (Wildman–Crippen LogP) is 3.74. The van der Waals surface area contributed by atoms with E-state index >= 15 is 0 Å². The van der Waals surface area contributed by atoms with Gasteiger partial charge < -0.3 is 0 Å². The van der Waals surface area contributed by atoms with Crippen molar-refractivity contribution in [1.29, 1.82) is 0 Å². The smallest absolute Gasteiger partial charge is 0.247 e. The van der Waals surface area contributed by atoms with Crippen LogP contribution in [0.15, 0.2) is 11.9 Å². The zero-order chi connectivity index (χ0) is 12.4. The lowest BCUT2D eigenvalue weighted by molar-refractivity contribution is -0.174. The topological polar surface area (TPSA) is 0 Å². The van der Waals surface area contributed by atoms with E-state index in [0.717, 1.165) is 0 Å². The van der Waals surface area contributed by atoms with E-state index in [2.05, 4.69) is 0 Å². The number of alkyl halides is 5. The number of hydrogen-bond donors (Lipinski definition) is 0. The Labute approximate surface area is 79.6 Å². The van der Waals surface area contributed by atoms with Crippen LogP contribution in [0.25, 0.3) is 0 Å². The largest absolute Gasteiger partial charge is 0.320 e. The standard InChI is InChI=1S/C7H6F8/c1-6(13,2-8)7(14,15)4(10)3(9)5(11)12/h4H,2H2,1H3. The second-order valence-corrected chi connectivity index (χ2v) is 2.92. The molecule has 0 saturated heterocycles. The summed E-state index contributed by atoms with van der Waals surface area (Å²) in [5, 5.41) is 0. The third-order valence-electron chi connectivity index (χ3n) is 1.67. The Morgan fingerprint density at radius 1 is 1.13 bits per heavy atom. The van der Waals surface area contributed by atoms with Crippen LogP contribution in [0.2, 0.25) is 0 Å². The molecule has 0 spiro atoms. The van der Waals surface area contributed by atoms with Crippen molar-refractivity contribution in [2.24, 2.45) is 0 Å². The van der Waals surface area contributed by atoms with Crippen LogP contribution in [0.1, 0.15) is 6.92 Å². The van der Waals surface area contributed by atoms with Crippen molar-refractivity contribution in [3.63, 3.8) is 0 Å². The molecule has 2 atom stereocenters. The lowest BCUT2D eigenvalue weighted by Crippen LogP contribution is -2.50. The second-order valence-electron chi connectivity index (χ2n) is 2.92. The first-order valence-electron chi connectivity index (χ1n) is 3.55. The van der Waals surface area contributed by atoms with Gasteiger partial charge in [-0.3, -0.25) is 0 Å². The monoisotopic (exact) mass is 242 g/mol. The van der Waals surface area contributed by atoms with E-state index in [9.17, 15) is 35.1 Å². The minimum atomic E-state index is -5.21. The van der Waals surface area contributed by atoms with Crippen molar-refractivity contribution < 1.29 is 35.1 Å². The molecule has 0 aromatic carbocycles. The number of hydrogen-bond acceptors (Lipinski definition) is 0. The van der Waals surface area contributed by atoms with Gasteiger partial charge in [0.25, 0.3) is 0 Å². The highest BCUT2D eigenvalue weighted by Gasteiger charge is 2.60. The Morgan fingerprint density at radius 2 is 1.53 bits per heavy atom. The maximum atomic E-state index is 12.7. The summed E-state index contributed by atoms with van der Waals surface area (Å²) in [6, 6.07) is 0. The lowest BCUT2D eigenvalue weighted by Gasteiger charge is -2.29. The van der Waals surface area contributed by atoms with Gasteiger partial charge in [0.05, 0.1) is 0 Å². The van der Waals surface area contributed by atoms with Gasteiger partial charge in [-0.05, 0) is 6.92 Å². The number of allylic oxidation sites excluding steroid dienone is 1. The summed E-state index contributed by atoms with van der Waals surface area (Å²) < 4.78 is 97.0. The van der Waals surface area contributed by atoms with Crippen LogP contribution < -0.4 is 0 Å². The van der Waals surface area contributed by atoms with E-state index in [1.54, 1.807) is 0 Å². The molecule has 0 fully saturated rings. The van der Waals surface area contributed by atoms with Crippen molar-refractivity contribution in [2.45, 2.75) is 24.7 Å². The van der Waals surface area contributed by atoms with E-state index in [4.69, 9.17) is 0 Å². The third kappa shape index (κ3) is 2.60. The minimum absolute atomic E-state index is 0.0526. The Bertz CT molecular complexity index is 252. The molecule has 2 unspecified atom stereocenters. The average Bonchev–Trinajstić information content (AvgIpc) is 2.14. The molecule has 8 heteroatoms. The van der Waals surface area contributed by atoms with Gasteiger partial charge in [0, 0.05) is 0 Å². The van der Waals surface area contributed by atoms with Gasteiger partial charge in [-0.1, -0.05) is 0 Å². The molecule has 0 bridgehead atoms. The molecule has 0 amide bonds. The van der Waals surface area contributed by atoms with Gasteiger partial charge in [0.2, 0.25) is 17.7 Å². The molecule has 0 aliphatic heterocycles. The van der Waals surface area contributed by atoms with Crippen molar-refractivity contribution in [2.75, 3.05) is 6.67 Å². The summed E-state index contributed by atoms with van der Waals surface area (Å²) in [6.45, 7) is -2.38. The van der Waals surface area contributed by atoms with Crippen LogP contribution in [0.5, 0.6) is 0 Å². The van der Waals surface area contributed by atoms with E-state index < -0.39 is 36.3 Å². The molecule has 0 nitrogen and oxygen atoms in total. The molecule has 0 aliphatic rings. The van der Waals surface area contributed by atoms with Gasteiger partial charge in [-0.15, -0.1) is 0 Å². The summed E-state index contributed by atoms with van der Waals surface area (Å²) in [7, 11) is 0. The van der Waals surface area contributed by atoms with Crippen molar-refractivity contribution >= 4 is 0 Å². The first kappa shape index (κ1) is 14.2. The first-order valence-corrected chi connectivity index (χ1v) is 3.55.